The van der Waals surface area contributed by atoms with Crippen LogP contribution in [-0.4, -0.2) is 11.6 Å². The van der Waals surface area contributed by atoms with Crippen LogP contribution in [0.3, 0.4) is 0 Å². The summed E-state index contributed by atoms with van der Waals surface area (Å²) in [7, 11) is 0. The third kappa shape index (κ3) is 2.71. The van der Waals surface area contributed by atoms with Crippen molar-refractivity contribution < 1.29 is 17.9 Å². The first-order valence-electron chi connectivity index (χ1n) is 7.65. The normalized spacial score (nSPS) is 16.8. The molecule has 0 saturated carbocycles. The lowest BCUT2D eigenvalue weighted by Crippen LogP contribution is -2.25. The zero-order valence-corrected chi connectivity index (χ0v) is 12.9. The molecule has 3 aromatic rings. The number of H-pyrrole nitrogens is 1. The smallest absolute Gasteiger partial charge is 0.417 e. The standard InChI is InChI=1S/C18H13F3N2O2/c19-18(20,21)11-8-15(24)23-12-6-7-13-17(16(11)12)25-9-14(22-13)10-4-2-1-3-5-10/h1-8,14,22H,9H2,(H,23,24). The first-order chi connectivity index (χ1) is 11.9. The van der Waals surface area contributed by atoms with E-state index in [0.717, 1.165) is 5.56 Å². The number of benzene rings is 2. The Hall–Kier alpha value is -2.96. The monoisotopic (exact) mass is 346 g/mol. The largest absolute Gasteiger partial charge is 0.488 e. The fourth-order valence-corrected chi connectivity index (χ4v) is 3.07. The second-order valence-corrected chi connectivity index (χ2v) is 5.83. The molecule has 0 spiro atoms. The molecule has 4 rings (SSSR count). The zero-order valence-electron chi connectivity index (χ0n) is 12.9. The summed E-state index contributed by atoms with van der Waals surface area (Å²) in [4.78, 5) is 14.0. The molecule has 25 heavy (non-hydrogen) atoms. The van der Waals surface area contributed by atoms with Crippen molar-refractivity contribution in [3.8, 4) is 5.75 Å². The van der Waals surface area contributed by atoms with Gasteiger partial charge in [0.05, 0.1) is 28.2 Å². The van der Waals surface area contributed by atoms with E-state index in [-0.39, 0.29) is 29.3 Å². The van der Waals surface area contributed by atoms with Gasteiger partial charge in [0.25, 0.3) is 0 Å². The molecule has 2 aromatic carbocycles. The Kier molecular flexibility index (Phi) is 3.45. The van der Waals surface area contributed by atoms with Crippen molar-refractivity contribution in [2.45, 2.75) is 12.2 Å². The van der Waals surface area contributed by atoms with Crippen molar-refractivity contribution in [1.29, 1.82) is 0 Å². The van der Waals surface area contributed by atoms with Gasteiger partial charge in [-0.2, -0.15) is 13.2 Å². The molecule has 4 nitrogen and oxygen atoms in total. The van der Waals surface area contributed by atoms with Crippen LogP contribution in [0.2, 0.25) is 0 Å². The average molecular weight is 346 g/mol. The predicted molar refractivity (Wildman–Crippen MR) is 87.9 cm³/mol. The van der Waals surface area contributed by atoms with Gasteiger partial charge in [-0.1, -0.05) is 30.3 Å². The zero-order chi connectivity index (χ0) is 17.6. The molecule has 0 radical (unpaired) electrons. The number of ether oxygens (including phenoxy) is 1. The van der Waals surface area contributed by atoms with E-state index in [1.54, 1.807) is 6.07 Å². The molecule has 0 bridgehead atoms. The van der Waals surface area contributed by atoms with Gasteiger partial charge < -0.3 is 15.0 Å². The maximum atomic E-state index is 13.4. The van der Waals surface area contributed by atoms with E-state index >= 15 is 0 Å². The van der Waals surface area contributed by atoms with Crippen molar-refractivity contribution in [1.82, 2.24) is 4.98 Å². The third-order valence-electron chi connectivity index (χ3n) is 4.19. The summed E-state index contributed by atoms with van der Waals surface area (Å²) >= 11 is 0. The number of halogens is 3. The van der Waals surface area contributed by atoms with Crippen LogP contribution in [0.1, 0.15) is 17.2 Å². The second-order valence-electron chi connectivity index (χ2n) is 5.83. The van der Waals surface area contributed by atoms with Gasteiger partial charge in [0.15, 0.2) is 5.75 Å². The van der Waals surface area contributed by atoms with E-state index in [4.69, 9.17) is 4.74 Å². The number of alkyl halides is 3. The lowest BCUT2D eigenvalue weighted by molar-refractivity contribution is -0.136. The van der Waals surface area contributed by atoms with Crippen LogP contribution in [0, 0.1) is 0 Å². The van der Waals surface area contributed by atoms with Crippen LogP contribution in [-0.2, 0) is 6.18 Å². The first-order valence-corrected chi connectivity index (χ1v) is 7.65. The Balaban J connectivity index is 1.86. The highest BCUT2D eigenvalue weighted by Crippen LogP contribution is 2.44. The van der Waals surface area contributed by atoms with Crippen molar-refractivity contribution in [2.24, 2.45) is 0 Å². The molecule has 1 aromatic heterocycles. The van der Waals surface area contributed by atoms with Gasteiger partial charge in [-0.15, -0.1) is 0 Å². The number of anilines is 1. The molecule has 0 amide bonds. The van der Waals surface area contributed by atoms with Crippen molar-refractivity contribution in [3.05, 3.63) is 70.0 Å². The Labute approximate surface area is 140 Å². The number of rotatable bonds is 1. The van der Waals surface area contributed by atoms with Gasteiger partial charge in [0, 0.05) is 6.07 Å². The summed E-state index contributed by atoms with van der Waals surface area (Å²) in [5.41, 5.74) is -0.261. The average Bonchev–Trinajstić information content (AvgIpc) is 2.60. The molecule has 1 aliphatic rings. The van der Waals surface area contributed by atoms with Gasteiger partial charge in [-0.05, 0) is 17.7 Å². The van der Waals surface area contributed by atoms with Gasteiger partial charge in [-0.25, -0.2) is 0 Å². The minimum atomic E-state index is -4.65. The molecule has 2 N–H and O–H groups in total. The number of pyridine rings is 1. The van der Waals surface area contributed by atoms with Gasteiger partial charge in [0.2, 0.25) is 5.56 Å². The first kappa shape index (κ1) is 15.6. The van der Waals surface area contributed by atoms with Crippen LogP contribution < -0.4 is 15.6 Å². The van der Waals surface area contributed by atoms with Crippen molar-refractivity contribution in [3.63, 3.8) is 0 Å². The highest BCUT2D eigenvalue weighted by Gasteiger charge is 2.36. The van der Waals surface area contributed by atoms with Crippen LogP contribution in [0.25, 0.3) is 10.9 Å². The third-order valence-corrected chi connectivity index (χ3v) is 4.19. The molecule has 0 saturated heterocycles. The molecule has 7 heteroatoms. The number of aromatic nitrogens is 1. The topological polar surface area (TPSA) is 54.1 Å². The number of fused-ring (bicyclic) bond motifs is 3. The molecule has 1 atom stereocenters. The molecule has 1 aliphatic heterocycles. The van der Waals surface area contributed by atoms with Crippen LogP contribution in [0.15, 0.2) is 53.3 Å². The van der Waals surface area contributed by atoms with E-state index in [2.05, 4.69) is 10.3 Å². The minimum absolute atomic E-state index is 0.0959. The van der Waals surface area contributed by atoms with E-state index in [1.807, 2.05) is 30.3 Å². The molecular weight excluding hydrogens is 333 g/mol. The summed E-state index contributed by atoms with van der Waals surface area (Å²) in [6, 6.07) is 13.0. The van der Waals surface area contributed by atoms with Crippen molar-refractivity contribution in [2.75, 3.05) is 11.9 Å². The van der Waals surface area contributed by atoms with Crippen LogP contribution in [0.4, 0.5) is 18.9 Å². The SMILES string of the molecule is O=c1cc(C(F)(F)F)c2c3c(ccc2[nH]1)NC(c1ccccc1)CO3. The second kappa shape index (κ2) is 5.54. The Bertz CT molecular complexity index is 997. The highest BCUT2D eigenvalue weighted by atomic mass is 19.4. The molecule has 2 heterocycles. The molecule has 128 valence electrons. The fourth-order valence-electron chi connectivity index (χ4n) is 3.07. The molecule has 0 fully saturated rings. The van der Waals surface area contributed by atoms with E-state index in [0.29, 0.717) is 11.8 Å². The summed E-state index contributed by atoms with van der Waals surface area (Å²) in [6.07, 6.45) is -4.65. The van der Waals surface area contributed by atoms with E-state index < -0.39 is 17.3 Å². The predicted octanol–water partition coefficient (Wildman–Crippen LogP) is 4.09. The molecular formula is C18H13F3N2O2. The minimum Gasteiger partial charge on any atom is -0.488 e. The Morgan fingerprint density at radius 3 is 2.56 bits per heavy atom. The van der Waals surface area contributed by atoms with E-state index in [1.165, 1.54) is 6.07 Å². The lowest BCUT2D eigenvalue weighted by atomic mass is 10.0. The lowest BCUT2D eigenvalue weighted by Gasteiger charge is -2.29. The number of hydrogen-bond acceptors (Lipinski definition) is 3. The maximum absolute atomic E-state index is 13.4. The Morgan fingerprint density at radius 1 is 1.08 bits per heavy atom. The quantitative estimate of drug-likeness (QED) is 0.698. The molecule has 1 unspecified atom stereocenters. The van der Waals surface area contributed by atoms with Crippen LogP contribution in [0.5, 0.6) is 5.75 Å². The summed E-state index contributed by atoms with van der Waals surface area (Å²) in [5.74, 6) is 0.105. The Morgan fingerprint density at radius 2 is 1.84 bits per heavy atom. The number of hydrogen-bond donors (Lipinski definition) is 2. The number of nitrogens with one attached hydrogen (secondary N) is 2. The van der Waals surface area contributed by atoms with Gasteiger partial charge >= 0.3 is 6.18 Å². The van der Waals surface area contributed by atoms with E-state index in [9.17, 15) is 18.0 Å². The van der Waals surface area contributed by atoms with Crippen molar-refractivity contribution >= 4 is 16.6 Å². The summed E-state index contributed by atoms with van der Waals surface area (Å²) in [5, 5.41) is 3.08. The van der Waals surface area contributed by atoms with Gasteiger partial charge in [-0.3, -0.25) is 4.79 Å². The summed E-state index contributed by atoms with van der Waals surface area (Å²) in [6.45, 7) is 0.187. The maximum Gasteiger partial charge on any atom is 0.417 e. The summed E-state index contributed by atoms with van der Waals surface area (Å²) < 4.78 is 45.8. The molecule has 0 aliphatic carbocycles. The van der Waals surface area contributed by atoms with Gasteiger partial charge in [0.1, 0.15) is 6.61 Å². The highest BCUT2D eigenvalue weighted by molar-refractivity contribution is 5.94. The van der Waals surface area contributed by atoms with Crippen LogP contribution >= 0.6 is 0 Å². The fraction of sp³-hybridized carbons (Fsp3) is 0.167. The number of aromatic amines is 1.